The third-order valence-electron chi connectivity index (χ3n) is 2.97. The van der Waals surface area contributed by atoms with Gasteiger partial charge in [0.15, 0.2) is 0 Å². The molecule has 3 rings (SSSR count). The molecule has 0 bridgehead atoms. The number of hydrogen-bond acceptors (Lipinski definition) is 4. The van der Waals surface area contributed by atoms with Crippen molar-refractivity contribution in [2.45, 2.75) is 4.90 Å². The highest BCUT2D eigenvalue weighted by Gasteiger charge is 2.20. The summed E-state index contributed by atoms with van der Waals surface area (Å²) >= 11 is 0. The number of nitrogens with one attached hydrogen (secondary N) is 2. The van der Waals surface area contributed by atoms with Crippen LogP contribution in [0.5, 0.6) is 0 Å². The van der Waals surface area contributed by atoms with Gasteiger partial charge in [-0.05, 0) is 30.3 Å². The van der Waals surface area contributed by atoms with Crippen molar-refractivity contribution in [1.29, 1.82) is 0 Å². The molecule has 3 aromatic rings. The molecule has 0 aliphatic carbocycles. The van der Waals surface area contributed by atoms with Crippen LogP contribution in [-0.2, 0) is 10.0 Å². The summed E-state index contributed by atoms with van der Waals surface area (Å²) in [6.07, 6.45) is 1.49. The second kappa shape index (κ2) is 4.74. The van der Waals surface area contributed by atoms with Crippen molar-refractivity contribution in [2.24, 2.45) is 0 Å². The van der Waals surface area contributed by atoms with Crippen LogP contribution in [0.4, 0.5) is 15.8 Å². The maximum absolute atomic E-state index is 13.8. The van der Waals surface area contributed by atoms with E-state index in [-0.39, 0.29) is 5.69 Å². The summed E-state index contributed by atoms with van der Waals surface area (Å²) in [5.41, 5.74) is 6.56. The van der Waals surface area contributed by atoms with Crippen molar-refractivity contribution < 1.29 is 12.8 Å². The molecular weight excluding hydrogens is 295 g/mol. The molecule has 8 heteroatoms. The van der Waals surface area contributed by atoms with Crippen LogP contribution in [0, 0.1) is 5.82 Å². The lowest BCUT2D eigenvalue weighted by atomic mass is 10.2. The van der Waals surface area contributed by atoms with E-state index in [0.717, 1.165) is 12.1 Å². The van der Waals surface area contributed by atoms with Crippen molar-refractivity contribution in [2.75, 3.05) is 10.5 Å². The van der Waals surface area contributed by atoms with Crippen molar-refractivity contribution >= 4 is 32.3 Å². The Kier molecular flexibility index (Phi) is 3.02. The Morgan fingerprint density at radius 1 is 1.24 bits per heavy atom. The van der Waals surface area contributed by atoms with Crippen LogP contribution in [0.1, 0.15) is 0 Å². The fourth-order valence-electron chi connectivity index (χ4n) is 1.99. The number of sulfonamides is 1. The maximum atomic E-state index is 13.8. The molecule has 0 saturated carbocycles. The Bertz CT molecular complexity index is 921. The minimum absolute atomic E-state index is 0.156. The maximum Gasteiger partial charge on any atom is 0.264 e. The van der Waals surface area contributed by atoms with E-state index in [1.165, 1.54) is 12.3 Å². The molecule has 0 aliphatic rings. The molecule has 0 fully saturated rings. The van der Waals surface area contributed by atoms with E-state index in [0.29, 0.717) is 16.6 Å². The first-order chi connectivity index (χ1) is 9.97. The predicted octanol–water partition coefficient (Wildman–Crippen LogP) is 2.08. The predicted molar refractivity (Wildman–Crippen MR) is 77.7 cm³/mol. The van der Waals surface area contributed by atoms with Crippen molar-refractivity contribution in [3.8, 4) is 0 Å². The lowest BCUT2D eigenvalue weighted by Crippen LogP contribution is -2.14. The first kappa shape index (κ1) is 13.4. The van der Waals surface area contributed by atoms with E-state index in [1.807, 2.05) is 0 Å². The van der Waals surface area contributed by atoms with Crippen molar-refractivity contribution in [3.63, 3.8) is 0 Å². The van der Waals surface area contributed by atoms with Crippen molar-refractivity contribution in [1.82, 2.24) is 10.2 Å². The molecule has 21 heavy (non-hydrogen) atoms. The summed E-state index contributed by atoms with van der Waals surface area (Å²) in [5, 5.41) is 7.17. The molecule has 0 atom stereocenters. The molecule has 0 unspecified atom stereocenters. The molecule has 0 aliphatic heterocycles. The SMILES string of the molecule is Nc1ccc(S(=O)(=O)Nc2cccc3[nH]ncc23)c(F)c1. The Balaban J connectivity index is 2.05. The molecule has 2 aromatic carbocycles. The molecule has 0 saturated heterocycles. The minimum Gasteiger partial charge on any atom is -0.399 e. The average molecular weight is 306 g/mol. The van der Waals surface area contributed by atoms with E-state index < -0.39 is 20.7 Å². The van der Waals surface area contributed by atoms with Gasteiger partial charge in [-0.15, -0.1) is 0 Å². The molecule has 108 valence electrons. The fourth-order valence-corrected chi connectivity index (χ4v) is 3.13. The highest BCUT2D eigenvalue weighted by atomic mass is 32.2. The van der Waals surface area contributed by atoms with Crippen LogP contribution in [-0.4, -0.2) is 18.6 Å². The standard InChI is InChI=1S/C13H11FN4O2S/c14-10-6-8(15)4-5-13(10)21(19,20)18-12-3-1-2-11-9(12)7-16-17-11/h1-7,18H,15H2,(H,16,17). The van der Waals surface area contributed by atoms with E-state index in [2.05, 4.69) is 14.9 Å². The largest absolute Gasteiger partial charge is 0.399 e. The molecular formula is C13H11FN4O2S. The van der Waals surface area contributed by atoms with Crippen molar-refractivity contribution in [3.05, 3.63) is 48.4 Å². The van der Waals surface area contributed by atoms with Gasteiger partial charge in [-0.1, -0.05) is 6.07 Å². The summed E-state index contributed by atoms with van der Waals surface area (Å²) in [7, 11) is -4.05. The zero-order valence-electron chi connectivity index (χ0n) is 10.7. The highest BCUT2D eigenvalue weighted by molar-refractivity contribution is 7.92. The van der Waals surface area contributed by atoms with Gasteiger partial charge in [0, 0.05) is 11.1 Å². The molecule has 4 N–H and O–H groups in total. The van der Waals surface area contributed by atoms with Gasteiger partial charge in [0.25, 0.3) is 10.0 Å². The summed E-state index contributed by atoms with van der Waals surface area (Å²) in [6.45, 7) is 0. The van der Waals surface area contributed by atoms with E-state index in [1.54, 1.807) is 18.2 Å². The van der Waals surface area contributed by atoms with Crippen LogP contribution in [0.25, 0.3) is 10.9 Å². The van der Waals surface area contributed by atoms with Gasteiger partial charge in [-0.25, -0.2) is 12.8 Å². The van der Waals surface area contributed by atoms with Gasteiger partial charge in [-0.3, -0.25) is 9.82 Å². The van der Waals surface area contributed by atoms with Gasteiger partial charge < -0.3 is 5.73 Å². The molecule has 0 amide bonds. The first-order valence-corrected chi connectivity index (χ1v) is 7.45. The van der Waals surface area contributed by atoms with Crippen LogP contribution in [0.2, 0.25) is 0 Å². The van der Waals surface area contributed by atoms with Gasteiger partial charge in [0.1, 0.15) is 10.7 Å². The van der Waals surface area contributed by atoms with Gasteiger partial charge in [-0.2, -0.15) is 5.10 Å². The average Bonchev–Trinajstić information content (AvgIpc) is 2.87. The van der Waals surface area contributed by atoms with E-state index >= 15 is 0 Å². The second-order valence-corrected chi connectivity index (χ2v) is 6.08. The number of halogens is 1. The Hall–Kier alpha value is -2.61. The summed E-state index contributed by atoms with van der Waals surface area (Å²) in [5.74, 6) is -0.901. The number of nitrogens with zero attached hydrogens (tertiary/aromatic N) is 1. The van der Waals surface area contributed by atoms with E-state index in [4.69, 9.17) is 5.73 Å². The minimum atomic E-state index is -4.05. The van der Waals surface area contributed by atoms with E-state index in [9.17, 15) is 12.8 Å². The van der Waals surface area contributed by atoms with Crippen LogP contribution in [0.15, 0.2) is 47.5 Å². The lowest BCUT2D eigenvalue weighted by molar-refractivity contribution is 0.571. The summed E-state index contributed by atoms with van der Waals surface area (Å²) in [4.78, 5) is -0.461. The van der Waals surface area contributed by atoms with Gasteiger partial charge in [0.05, 0.1) is 17.4 Å². The molecule has 1 aromatic heterocycles. The fraction of sp³-hybridized carbons (Fsp3) is 0. The molecule has 6 nitrogen and oxygen atoms in total. The normalized spacial score (nSPS) is 11.7. The summed E-state index contributed by atoms with van der Waals surface area (Å²) in [6, 6.07) is 8.41. The Labute approximate surface area is 119 Å². The number of benzene rings is 2. The Morgan fingerprint density at radius 3 is 2.81 bits per heavy atom. The third kappa shape index (κ3) is 2.40. The number of aromatic nitrogens is 2. The quantitative estimate of drug-likeness (QED) is 0.645. The summed E-state index contributed by atoms with van der Waals surface area (Å²) < 4.78 is 40.7. The topological polar surface area (TPSA) is 101 Å². The number of anilines is 2. The zero-order valence-corrected chi connectivity index (χ0v) is 11.5. The number of fused-ring (bicyclic) bond motifs is 1. The van der Waals surface area contributed by atoms with Gasteiger partial charge >= 0.3 is 0 Å². The monoisotopic (exact) mass is 306 g/mol. The highest BCUT2D eigenvalue weighted by Crippen LogP contribution is 2.25. The number of aromatic amines is 1. The van der Waals surface area contributed by atoms with Crippen LogP contribution < -0.4 is 10.5 Å². The lowest BCUT2D eigenvalue weighted by Gasteiger charge is -2.10. The van der Waals surface area contributed by atoms with Crippen LogP contribution in [0.3, 0.4) is 0 Å². The number of rotatable bonds is 3. The third-order valence-corrected chi connectivity index (χ3v) is 4.37. The zero-order chi connectivity index (χ0) is 15.0. The molecule has 1 heterocycles. The van der Waals surface area contributed by atoms with Gasteiger partial charge in [0.2, 0.25) is 0 Å². The number of hydrogen-bond donors (Lipinski definition) is 3. The first-order valence-electron chi connectivity index (χ1n) is 5.97. The molecule has 0 spiro atoms. The Morgan fingerprint density at radius 2 is 2.05 bits per heavy atom. The second-order valence-electron chi connectivity index (χ2n) is 4.43. The number of H-pyrrole nitrogens is 1. The smallest absolute Gasteiger partial charge is 0.264 e. The number of nitrogen functional groups attached to an aromatic ring is 1. The van der Waals surface area contributed by atoms with Crippen LogP contribution >= 0.6 is 0 Å². The molecule has 0 radical (unpaired) electrons. The number of nitrogens with two attached hydrogens (primary N) is 1.